The number of anilines is 2. The summed E-state index contributed by atoms with van der Waals surface area (Å²) in [4.78, 5) is 41.0. The van der Waals surface area contributed by atoms with E-state index in [1.807, 2.05) is 18.2 Å². The molecule has 2 aliphatic heterocycles. The summed E-state index contributed by atoms with van der Waals surface area (Å²) >= 11 is 0. The average molecular weight is 539 g/mol. The number of urea groups is 1. The predicted molar refractivity (Wildman–Crippen MR) is 151 cm³/mol. The van der Waals surface area contributed by atoms with Crippen LogP contribution >= 0.6 is 0 Å². The molecule has 4 amide bonds. The lowest BCUT2D eigenvalue weighted by atomic mass is 9.85. The Balaban J connectivity index is 1.19. The zero-order chi connectivity index (χ0) is 27.5. The van der Waals surface area contributed by atoms with Gasteiger partial charge in [-0.2, -0.15) is 5.10 Å². The number of nitrogens with zero attached hydrogens (tertiary/aromatic N) is 4. The number of aryl methyl sites for hydroxylation is 1. The Morgan fingerprint density at radius 2 is 1.87 bits per heavy atom. The number of amides is 4. The van der Waals surface area contributed by atoms with Gasteiger partial charge < -0.3 is 10.1 Å². The minimum atomic E-state index is -0.479. The van der Waals surface area contributed by atoms with Crippen LogP contribution in [0.3, 0.4) is 0 Å². The molecule has 3 fully saturated rings. The van der Waals surface area contributed by atoms with E-state index in [4.69, 9.17) is 4.74 Å². The Morgan fingerprint density at radius 3 is 2.59 bits per heavy atom. The third kappa shape index (κ3) is 6.27. The van der Waals surface area contributed by atoms with Crippen LogP contribution in [0.5, 0.6) is 0 Å². The van der Waals surface area contributed by atoms with Crippen molar-refractivity contribution < 1.29 is 19.1 Å². The van der Waals surface area contributed by atoms with Gasteiger partial charge in [0.1, 0.15) is 0 Å². The molecule has 1 aliphatic carbocycles. The molecule has 5 rings (SSSR count). The number of aromatic nitrogens is 2. The Labute approximate surface area is 230 Å². The SMILES string of the molecule is C[C@@H]1CC(CCOC2CCCCC2)C[C@H](C)N1CC(=O)Nc1cccc2c(N3CCC(=O)NC3=O)nn(C)c12. The molecular formula is C29H42N6O4. The summed E-state index contributed by atoms with van der Waals surface area (Å²) < 4.78 is 7.86. The Bertz CT molecular complexity index is 1190. The summed E-state index contributed by atoms with van der Waals surface area (Å²) in [5.41, 5.74) is 1.39. The van der Waals surface area contributed by atoms with Gasteiger partial charge in [0.15, 0.2) is 5.82 Å². The molecule has 3 aliphatic rings. The summed E-state index contributed by atoms with van der Waals surface area (Å²) in [6.07, 6.45) is 10.3. The van der Waals surface area contributed by atoms with Crippen molar-refractivity contribution in [1.82, 2.24) is 20.0 Å². The lowest BCUT2D eigenvalue weighted by molar-refractivity contribution is -0.120. The third-order valence-electron chi connectivity index (χ3n) is 8.67. The number of nitrogens with one attached hydrogen (secondary N) is 2. The number of benzene rings is 1. The monoisotopic (exact) mass is 538 g/mol. The van der Waals surface area contributed by atoms with E-state index in [1.165, 1.54) is 37.0 Å². The first-order chi connectivity index (χ1) is 18.8. The molecule has 10 nitrogen and oxygen atoms in total. The van der Waals surface area contributed by atoms with Crippen LogP contribution < -0.4 is 15.5 Å². The van der Waals surface area contributed by atoms with Gasteiger partial charge >= 0.3 is 6.03 Å². The maximum absolute atomic E-state index is 13.2. The molecule has 3 atom stereocenters. The second kappa shape index (κ2) is 12.0. The summed E-state index contributed by atoms with van der Waals surface area (Å²) in [7, 11) is 1.79. The number of ether oxygens (including phenoxy) is 1. The second-order valence-electron chi connectivity index (χ2n) is 11.6. The minimum absolute atomic E-state index is 0.0654. The summed E-state index contributed by atoms with van der Waals surface area (Å²) in [6.45, 7) is 5.89. The van der Waals surface area contributed by atoms with Crippen molar-refractivity contribution in [3.05, 3.63) is 18.2 Å². The normalized spacial score (nSPS) is 25.2. The molecule has 1 aromatic heterocycles. The van der Waals surface area contributed by atoms with Gasteiger partial charge in [0.25, 0.3) is 0 Å². The van der Waals surface area contributed by atoms with Crippen LogP contribution in [0, 0.1) is 5.92 Å². The van der Waals surface area contributed by atoms with E-state index < -0.39 is 6.03 Å². The first kappa shape index (κ1) is 27.6. The van der Waals surface area contributed by atoms with Crippen LogP contribution in [-0.2, 0) is 21.4 Å². The van der Waals surface area contributed by atoms with Gasteiger partial charge in [-0.05, 0) is 64.0 Å². The van der Waals surface area contributed by atoms with Crippen molar-refractivity contribution in [2.24, 2.45) is 13.0 Å². The fourth-order valence-electron chi connectivity index (χ4n) is 6.69. The number of rotatable bonds is 8. The van der Waals surface area contributed by atoms with Crippen molar-refractivity contribution in [1.29, 1.82) is 0 Å². The van der Waals surface area contributed by atoms with Crippen LogP contribution in [0.2, 0.25) is 0 Å². The number of fused-ring (bicyclic) bond motifs is 1. The van der Waals surface area contributed by atoms with Gasteiger partial charge in [0.05, 0.1) is 23.9 Å². The number of carbonyl (C=O) groups excluding carboxylic acids is 3. The second-order valence-corrected chi connectivity index (χ2v) is 11.6. The van der Waals surface area contributed by atoms with E-state index in [2.05, 4.69) is 34.5 Å². The zero-order valence-electron chi connectivity index (χ0n) is 23.4. The average Bonchev–Trinajstić information content (AvgIpc) is 3.24. The molecule has 2 aromatic rings. The Kier molecular flexibility index (Phi) is 8.52. The van der Waals surface area contributed by atoms with Crippen LogP contribution in [0.25, 0.3) is 10.9 Å². The molecule has 0 radical (unpaired) electrons. The molecule has 10 heteroatoms. The summed E-state index contributed by atoms with van der Waals surface area (Å²) in [6, 6.07) is 5.74. The van der Waals surface area contributed by atoms with E-state index in [0.29, 0.717) is 42.2 Å². The van der Waals surface area contributed by atoms with Crippen molar-refractivity contribution in [3.63, 3.8) is 0 Å². The molecular weight excluding hydrogens is 496 g/mol. The fraction of sp³-hybridized carbons (Fsp3) is 0.655. The highest BCUT2D eigenvalue weighted by Gasteiger charge is 2.33. The molecule has 3 heterocycles. The predicted octanol–water partition coefficient (Wildman–Crippen LogP) is 4.19. The number of hydrogen-bond acceptors (Lipinski definition) is 6. The van der Waals surface area contributed by atoms with Crippen molar-refractivity contribution in [2.45, 2.75) is 89.8 Å². The van der Waals surface area contributed by atoms with Crippen LogP contribution in [-0.4, -0.2) is 70.4 Å². The van der Waals surface area contributed by atoms with Crippen LogP contribution in [0.15, 0.2) is 18.2 Å². The van der Waals surface area contributed by atoms with Crippen molar-refractivity contribution in [3.8, 4) is 0 Å². The van der Waals surface area contributed by atoms with E-state index in [0.717, 1.165) is 36.8 Å². The summed E-state index contributed by atoms with van der Waals surface area (Å²) in [5, 5.41) is 10.7. The van der Waals surface area contributed by atoms with Gasteiger partial charge in [0, 0.05) is 44.1 Å². The number of para-hydroxylation sites is 1. The molecule has 1 saturated carbocycles. The first-order valence-electron chi connectivity index (χ1n) is 14.5. The maximum atomic E-state index is 13.2. The van der Waals surface area contributed by atoms with Crippen LogP contribution in [0.1, 0.15) is 71.6 Å². The molecule has 39 heavy (non-hydrogen) atoms. The number of piperidine rings is 1. The molecule has 212 valence electrons. The quantitative estimate of drug-likeness (QED) is 0.522. The number of likely N-dealkylation sites (tertiary alicyclic amines) is 1. The van der Waals surface area contributed by atoms with Gasteiger partial charge in [-0.25, -0.2) is 4.79 Å². The summed E-state index contributed by atoms with van der Waals surface area (Å²) in [5.74, 6) is 0.751. The number of carbonyl (C=O) groups is 3. The van der Waals surface area contributed by atoms with Gasteiger partial charge in [-0.15, -0.1) is 0 Å². The van der Waals surface area contributed by atoms with Gasteiger partial charge in [-0.1, -0.05) is 25.3 Å². The highest BCUT2D eigenvalue weighted by Crippen LogP contribution is 2.33. The van der Waals surface area contributed by atoms with Crippen molar-refractivity contribution in [2.75, 3.05) is 29.9 Å². The standard InChI is InChI=1S/C29H42N6O4/c1-19-16-21(13-15-39-22-8-5-4-6-9-22)17-20(2)35(19)18-26(37)30-24-11-7-10-23-27(24)33(3)32-28(23)34-14-12-25(36)31-29(34)38/h7,10-11,19-22H,4-6,8-9,12-18H2,1-3H3,(H,30,37)(H,31,36,38)/t19-,20+,21?. The lowest BCUT2D eigenvalue weighted by Gasteiger charge is -2.42. The highest BCUT2D eigenvalue weighted by molar-refractivity contribution is 6.11. The van der Waals surface area contributed by atoms with Gasteiger partial charge in [-0.3, -0.25) is 29.4 Å². The molecule has 2 saturated heterocycles. The minimum Gasteiger partial charge on any atom is -0.378 e. The Hall–Kier alpha value is -2.98. The lowest BCUT2D eigenvalue weighted by Crippen LogP contribution is -2.49. The van der Waals surface area contributed by atoms with E-state index in [-0.39, 0.29) is 24.8 Å². The number of imide groups is 1. The van der Waals surface area contributed by atoms with E-state index in [9.17, 15) is 14.4 Å². The zero-order valence-corrected chi connectivity index (χ0v) is 23.4. The third-order valence-corrected chi connectivity index (χ3v) is 8.67. The van der Waals surface area contributed by atoms with Crippen LogP contribution in [0.4, 0.5) is 16.3 Å². The molecule has 0 spiro atoms. The molecule has 1 aromatic carbocycles. The smallest absolute Gasteiger partial charge is 0.329 e. The fourth-order valence-corrected chi connectivity index (χ4v) is 6.69. The highest BCUT2D eigenvalue weighted by atomic mass is 16.5. The molecule has 2 N–H and O–H groups in total. The van der Waals surface area contributed by atoms with Crippen molar-refractivity contribution >= 4 is 40.3 Å². The van der Waals surface area contributed by atoms with Gasteiger partial charge in [0.2, 0.25) is 11.8 Å². The molecule has 1 unspecified atom stereocenters. The Morgan fingerprint density at radius 1 is 1.13 bits per heavy atom. The molecule has 0 bridgehead atoms. The number of hydrogen-bond donors (Lipinski definition) is 2. The first-order valence-corrected chi connectivity index (χ1v) is 14.5. The maximum Gasteiger partial charge on any atom is 0.329 e. The van der Waals surface area contributed by atoms with E-state index >= 15 is 0 Å². The largest absolute Gasteiger partial charge is 0.378 e. The van der Waals surface area contributed by atoms with E-state index in [1.54, 1.807) is 11.7 Å². The topological polar surface area (TPSA) is 109 Å².